The number of benzene rings is 1. The van der Waals surface area contributed by atoms with E-state index in [1.165, 1.54) is 55.0 Å². The number of hydrogen-bond donors (Lipinski definition) is 3. The number of carbonyl (C=O) groups is 9. The van der Waals surface area contributed by atoms with Crippen LogP contribution in [-0.2, 0) is 70.0 Å². The second-order valence-electron chi connectivity index (χ2n) is 21.5. The fourth-order valence-electron chi connectivity index (χ4n) is 10.1. The summed E-state index contributed by atoms with van der Waals surface area (Å²) in [6.07, 6.45) is 7.27. The molecule has 2 saturated heterocycles. The molecule has 25 heteroatoms. The summed E-state index contributed by atoms with van der Waals surface area (Å²) in [5.41, 5.74) is -0.950. The number of nitrogens with one attached hydrogen (secondary N) is 2. The summed E-state index contributed by atoms with van der Waals surface area (Å²) in [5.74, 6) is -2.97. The number of rotatable bonds is 18. The molecule has 2 fully saturated rings. The smallest absolute Gasteiger partial charge is 0.410 e. The monoisotopic (exact) mass is 1180 g/mol. The fourth-order valence-corrected chi connectivity index (χ4v) is 11.1. The van der Waals surface area contributed by atoms with Crippen LogP contribution in [0.4, 0.5) is 14.4 Å². The standard InChI is InChI=1S/C57H77ClN6O17S/c1-34-13-10-18-44(76-9)57(74)32-43(79-53(71)60-57)35(2)51-56(4,81-51)45(31-39(65)30-38-28-37(27-34)29-42(75-8)50(38)58)80-52(70)36(3)63(7)47(67)21-26-82-55(73)62(6)25-24-61(5)54(72)78-41-16-11-14-40(15-12-17-41)77-33-46(66)59-22-23-64-48(68)19-20-49(64)69/h10-11,13,16,18-20,28-29,35-36,40-41,43-45,51,74H,12,14-15,17,21-27,30-33H2,1-9H3,(H,59,66)(H,60,71)/b16-11+,18-10+,34-13+/t35-,36+,40?,41?,43+,44-,45+,51+,56+,57+/m1/s1. The Kier molecular flexibility index (Phi) is 23.2. The molecule has 450 valence electrons. The number of nitrogens with zero attached hydrogens (tertiary/aromatic N) is 4. The van der Waals surface area contributed by atoms with Gasteiger partial charge in [0.1, 0.15) is 54.2 Å². The van der Waals surface area contributed by atoms with Gasteiger partial charge in [-0.25, -0.2) is 14.4 Å². The summed E-state index contributed by atoms with van der Waals surface area (Å²) < 4.78 is 40.9. The number of Topliss-reactive ketones (excluding diaryl/α,β-unsaturated/α-hetero) is 1. The molecule has 7 amide bonds. The molecule has 2 unspecified atom stereocenters. The third-order valence-corrected chi connectivity index (χ3v) is 16.7. The quantitative estimate of drug-likeness (QED) is 0.0583. The predicted octanol–water partition coefficient (Wildman–Crippen LogP) is 4.83. The van der Waals surface area contributed by atoms with Crippen LogP contribution in [0.15, 0.2) is 60.2 Å². The zero-order valence-corrected chi connectivity index (χ0v) is 49.5. The summed E-state index contributed by atoms with van der Waals surface area (Å²) >= 11 is 7.67. The Morgan fingerprint density at radius 1 is 1.00 bits per heavy atom. The molecule has 4 bridgehead atoms. The third-order valence-electron chi connectivity index (χ3n) is 15.3. The number of ketones is 1. The van der Waals surface area contributed by atoms with Gasteiger partial charge in [0.25, 0.3) is 17.1 Å². The van der Waals surface area contributed by atoms with Gasteiger partial charge >= 0.3 is 18.2 Å². The molecule has 3 N–H and O–H groups in total. The van der Waals surface area contributed by atoms with Crippen molar-refractivity contribution in [2.24, 2.45) is 5.92 Å². The number of epoxide rings is 1. The number of alkyl carbamates (subject to hydrolysis) is 1. The minimum atomic E-state index is -1.88. The van der Waals surface area contributed by atoms with Gasteiger partial charge < -0.3 is 58.3 Å². The highest BCUT2D eigenvalue weighted by Crippen LogP contribution is 2.49. The first-order valence-corrected chi connectivity index (χ1v) is 28.7. The molecule has 3 heterocycles. The number of ether oxygens (including phenoxy) is 7. The highest BCUT2D eigenvalue weighted by molar-refractivity contribution is 8.13. The average Bonchev–Trinajstić information content (AvgIpc) is 2.16. The van der Waals surface area contributed by atoms with Crippen molar-refractivity contribution >= 4 is 76.2 Å². The van der Waals surface area contributed by atoms with Crippen LogP contribution in [0.3, 0.4) is 0 Å². The van der Waals surface area contributed by atoms with E-state index in [0.717, 1.165) is 27.8 Å². The lowest BCUT2D eigenvalue weighted by Crippen LogP contribution is -2.63. The second-order valence-corrected chi connectivity index (χ2v) is 22.9. The molecule has 82 heavy (non-hydrogen) atoms. The van der Waals surface area contributed by atoms with Crippen LogP contribution in [0.1, 0.15) is 83.8 Å². The van der Waals surface area contributed by atoms with Crippen LogP contribution in [0, 0.1) is 5.92 Å². The number of methoxy groups -OCH3 is 2. The first kappa shape index (κ1) is 64.9. The second kappa shape index (κ2) is 29.3. The number of fused-ring (bicyclic) bond motifs is 5. The lowest BCUT2D eigenvalue weighted by molar-refractivity contribution is -0.162. The number of thioether (sulfide) groups is 1. The topological polar surface area (TPSA) is 279 Å². The lowest BCUT2D eigenvalue weighted by Gasteiger charge is -2.42. The summed E-state index contributed by atoms with van der Waals surface area (Å²) in [4.78, 5) is 122. The number of esters is 1. The van der Waals surface area contributed by atoms with Crippen molar-refractivity contribution in [1.82, 2.24) is 30.2 Å². The van der Waals surface area contributed by atoms with Crippen molar-refractivity contribution in [2.75, 3.05) is 73.9 Å². The maximum atomic E-state index is 14.1. The molecule has 0 aromatic heterocycles. The normalized spacial score (nSPS) is 28.3. The molecule has 6 rings (SSSR count). The molecule has 1 aromatic rings. The highest BCUT2D eigenvalue weighted by Gasteiger charge is 2.64. The summed E-state index contributed by atoms with van der Waals surface area (Å²) in [6.45, 7) is 7.16. The molecular weight excluding hydrogens is 1110 g/mol. The number of likely N-dealkylation sites (N-methyl/N-ethyl adjacent to an activating group) is 3. The first-order valence-electron chi connectivity index (χ1n) is 27.3. The summed E-state index contributed by atoms with van der Waals surface area (Å²) in [7, 11) is 7.45. The number of carbonyl (C=O) groups excluding carboxylic acids is 9. The molecule has 3 aliphatic heterocycles. The van der Waals surface area contributed by atoms with Crippen molar-refractivity contribution in [3.63, 3.8) is 0 Å². The van der Waals surface area contributed by atoms with E-state index in [-0.39, 0.29) is 92.3 Å². The van der Waals surface area contributed by atoms with Crippen molar-refractivity contribution in [3.05, 3.63) is 76.4 Å². The van der Waals surface area contributed by atoms with Crippen LogP contribution >= 0.6 is 23.4 Å². The Morgan fingerprint density at radius 3 is 2.43 bits per heavy atom. The van der Waals surface area contributed by atoms with Crippen LogP contribution in [0.2, 0.25) is 5.02 Å². The van der Waals surface area contributed by atoms with Gasteiger partial charge in [0, 0.05) is 104 Å². The molecule has 0 saturated carbocycles. The van der Waals surface area contributed by atoms with Crippen LogP contribution in [0.5, 0.6) is 5.75 Å². The number of aliphatic hydroxyl groups is 1. The van der Waals surface area contributed by atoms with Gasteiger partial charge in [0.15, 0.2) is 5.72 Å². The number of imide groups is 1. The number of amides is 7. The Morgan fingerprint density at radius 2 is 1.72 bits per heavy atom. The molecule has 10 atom stereocenters. The zero-order chi connectivity index (χ0) is 60.1. The van der Waals surface area contributed by atoms with Gasteiger partial charge in [0.2, 0.25) is 11.8 Å². The molecule has 0 spiro atoms. The predicted molar refractivity (Wildman–Crippen MR) is 300 cm³/mol. The van der Waals surface area contributed by atoms with Crippen LogP contribution in [-0.4, -0.2) is 205 Å². The maximum Gasteiger partial charge on any atom is 0.410 e. The van der Waals surface area contributed by atoms with Crippen molar-refractivity contribution in [2.45, 2.75) is 139 Å². The lowest BCUT2D eigenvalue weighted by atomic mass is 9.83. The minimum Gasteiger partial charge on any atom is -0.495 e. The van der Waals surface area contributed by atoms with Crippen molar-refractivity contribution in [3.8, 4) is 5.75 Å². The fraction of sp³-hybridized carbons (Fsp3) is 0.596. The van der Waals surface area contributed by atoms with E-state index in [0.29, 0.717) is 43.4 Å². The Balaban J connectivity index is 0.977. The van der Waals surface area contributed by atoms with Crippen LogP contribution < -0.4 is 15.4 Å². The third kappa shape index (κ3) is 17.4. The molecule has 1 aromatic carbocycles. The van der Waals surface area contributed by atoms with Crippen molar-refractivity contribution in [1.29, 1.82) is 0 Å². The average molecular weight is 1190 g/mol. The number of allylic oxidation sites excluding steroid dienone is 3. The SMILES string of the molecule is COc1cc2cc(c1Cl)CC(=O)C[C@H](OC(=O)[C@H](C)N(C)C(=O)CCSC(=O)N(C)CCN(C)C(=O)OC1/C=C/CC(OCC(=O)NCCN3C(=O)C=CC3=O)CCC1)[C@]1(C)O[C@H]1[C@H](C)[C@@H]1C[C@@](O)(NC(=O)O1)[C@H](OC)/C=C/C=C(\C)C2. The Hall–Kier alpha value is -6.31. The van der Waals surface area contributed by atoms with E-state index in [2.05, 4.69) is 10.6 Å². The molecular formula is C57H77ClN6O17S. The van der Waals surface area contributed by atoms with E-state index in [1.54, 1.807) is 52.2 Å². The number of halogens is 1. The van der Waals surface area contributed by atoms with E-state index in [9.17, 15) is 48.3 Å². The Labute approximate surface area is 487 Å². The summed E-state index contributed by atoms with van der Waals surface area (Å²) in [6, 6.07) is 2.46. The first-order chi connectivity index (χ1) is 38.9. The van der Waals surface area contributed by atoms with Crippen molar-refractivity contribution < 1.29 is 81.4 Å². The zero-order valence-electron chi connectivity index (χ0n) is 48.0. The maximum absolute atomic E-state index is 14.1. The largest absolute Gasteiger partial charge is 0.495 e. The Bertz CT molecular complexity index is 2670. The van der Waals surface area contributed by atoms with E-state index in [1.807, 2.05) is 25.1 Å². The minimum absolute atomic E-state index is 0.0626. The molecule has 23 nitrogen and oxygen atoms in total. The summed E-state index contributed by atoms with van der Waals surface area (Å²) in [5, 5.41) is 16.9. The van der Waals surface area contributed by atoms with Gasteiger partial charge in [-0.2, -0.15) is 0 Å². The molecule has 2 aliphatic carbocycles. The van der Waals surface area contributed by atoms with Gasteiger partial charge in [-0.3, -0.25) is 39.0 Å². The van der Waals surface area contributed by atoms with E-state index in [4.69, 9.17) is 44.8 Å². The number of hydrogen-bond acceptors (Lipinski definition) is 18. The van der Waals surface area contributed by atoms with Gasteiger partial charge in [-0.15, -0.1) is 0 Å². The highest BCUT2D eigenvalue weighted by atomic mass is 35.5. The molecule has 5 aliphatic rings. The van der Waals surface area contributed by atoms with Gasteiger partial charge in [-0.1, -0.05) is 66.2 Å². The van der Waals surface area contributed by atoms with E-state index < -0.39 is 89.7 Å². The van der Waals surface area contributed by atoms with Gasteiger partial charge in [0.05, 0.1) is 24.3 Å². The van der Waals surface area contributed by atoms with E-state index >= 15 is 0 Å². The molecule has 0 radical (unpaired) electrons. The van der Waals surface area contributed by atoms with Crippen LogP contribution in [0.25, 0.3) is 0 Å². The van der Waals surface area contributed by atoms with Gasteiger partial charge in [-0.05, 0) is 76.1 Å².